The van der Waals surface area contributed by atoms with E-state index in [9.17, 15) is 0 Å². The topological polar surface area (TPSA) is 78.0 Å². The molecule has 2 heterocycles. The second-order valence-corrected chi connectivity index (χ2v) is 5.96. The van der Waals surface area contributed by atoms with Crippen molar-refractivity contribution >= 4 is 0 Å². The zero-order valence-corrected chi connectivity index (χ0v) is 14.8. The van der Waals surface area contributed by atoms with E-state index >= 15 is 0 Å². The number of rotatable bonds is 8. The molecule has 0 fully saturated rings. The zero-order chi connectivity index (χ0) is 17.6. The van der Waals surface area contributed by atoms with Crippen LogP contribution in [0.1, 0.15) is 25.3 Å². The summed E-state index contributed by atoms with van der Waals surface area (Å²) < 4.78 is 12.9. The van der Waals surface area contributed by atoms with Gasteiger partial charge in [0.05, 0.1) is 31.5 Å². The normalized spacial score (nSPS) is 12.3. The molecule has 0 aliphatic carbocycles. The molecule has 0 saturated carbocycles. The van der Waals surface area contributed by atoms with Crippen molar-refractivity contribution in [3.8, 4) is 17.1 Å². The Bertz CT molecular complexity index is 811. The summed E-state index contributed by atoms with van der Waals surface area (Å²) in [5, 5.41) is 11.7. The summed E-state index contributed by atoms with van der Waals surface area (Å²) in [5.41, 5.74) is 1.99. The lowest BCUT2D eigenvalue weighted by Crippen LogP contribution is -2.30. The predicted molar refractivity (Wildman–Crippen MR) is 94.2 cm³/mol. The Morgan fingerprint density at radius 2 is 2.16 bits per heavy atom. The number of hydrogen-bond acceptors (Lipinski definition) is 6. The molecule has 0 bridgehead atoms. The van der Waals surface area contributed by atoms with Gasteiger partial charge < -0.3 is 14.6 Å². The van der Waals surface area contributed by atoms with Crippen molar-refractivity contribution in [2.45, 2.75) is 39.9 Å². The minimum Gasteiger partial charge on any atom is -0.493 e. The zero-order valence-electron chi connectivity index (χ0n) is 14.8. The van der Waals surface area contributed by atoms with Gasteiger partial charge in [-0.2, -0.15) is 10.1 Å². The minimum absolute atomic E-state index is 0.227. The first-order chi connectivity index (χ1) is 12.2. The van der Waals surface area contributed by atoms with Crippen LogP contribution in [0, 0.1) is 6.92 Å². The third kappa shape index (κ3) is 4.45. The van der Waals surface area contributed by atoms with Crippen molar-refractivity contribution in [2.24, 2.45) is 0 Å². The maximum absolute atomic E-state index is 5.62. The summed E-state index contributed by atoms with van der Waals surface area (Å²) in [4.78, 5) is 4.46. The molecule has 0 aliphatic rings. The van der Waals surface area contributed by atoms with Crippen LogP contribution >= 0.6 is 0 Å². The third-order valence-electron chi connectivity index (χ3n) is 3.72. The Labute approximate surface area is 147 Å². The van der Waals surface area contributed by atoms with E-state index in [1.165, 1.54) is 0 Å². The van der Waals surface area contributed by atoms with E-state index in [1.54, 1.807) is 0 Å². The lowest BCUT2D eigenvalue weighted by Gasteiger charge is -2.11. The van der Waals surface area contributed by atoms with Crippen LogP contribution < -0.4 is 10.1 Å². The maximum atomic E-state index is 5.62. The molecule has 3 aromatic rings. The smallest absolute Gasteiger partial charge is 0.240 e. The van der Waals surface area contributed by atoms with Gasteiger partial charge in [-0.3, -0.25) is 4.68 Å². The molecule has 3 rings (SSSR count). The standard InChI is InChI=1S/C18H23N5O2/c1-4-24-16-8-6-5-7-15(16)18-21-17(25-22-18)10-19-14(3)12-23-11-13(2)9-20-23/h5-9,11,14,19H,4,10,12H2,1-3H3/t14-/m1/s1. The molecular formula is C18H23N5O2. The number of aryl methyl sites for hydroxylation is 1. The average Bonchev–Trinajstić information content (AvgIpc) is 3.23. The molecule has 0 unspecified atom stereocenters. The van der Waals surface area contributed by atoms with E-state index in [-0.39, 0.29) is 6.04 Å². The van der Waals surface area contributed by atoms with Crippen molar-refractivity contribution in [1.29, 1.82) is 0 Å². The van der Waals surface area contributed by atoms with E-state index in [2.05, 4.69) is 27.5 Å². The molecule has 7 heteroatoms. The van der Waals surface area contributed by atoms with Gasteiger partial charge in [-0.15, -0.1) is 0 Å². The van der Waals surface area contributed by atoms with Crippen molar-refractivity contribution < 1.29 is 9.26 Å². The van der Waals surface area contributed by atoms with Crippen molar-refractivity contribution in [2.75, 3.05) is 6.61 Å². The molecule has 2 aromatic heterocycles. The van der Waals surface area contributed by atoms with Gasteiger partial charge >= 0.3 is 0 Å². The number of ether oxygens (including phenoxy) is 1. The molecule has 1 aromatic carbocycles. The summed E-state index contributed by atoms with van der Waals surface area (Å²) in [5.74, 6) is 1.84. The lowest BCUT2D eigenvalue weighted by atomic mass is 10.2. The Morgan fingerprint density at radius 3 is 2.92 bits per heavy atom. The Hall–Kier alpha value is -2.67. The van der Waals surface area contributed by atoms with Gasteiger partial charge in [0.2, 0.25) is 11.7 Å². The third-order valence-corrected chi connectivity index (χ3v) is 3.72. The summed E-state index contributed by atoms with van der Waals surface area (Å²) in [6.45, 7) is 7.95. The number of benzene rings is 1. The van der Waals surface area contributed by atoms with Crippen LogP contribution in [0.5, 0.6) is 5.75 Å². The highest BCUT2D eigenvalue weighted by molar-refractivity contribution is 5.63. The number of nitrogens with one attached hydrogen (secondary N) is 1. The lowest BCUT2D eigenvalue weighted by molar-refractivity contribution is 0.340. The molecule has 25 heavy (non-hydrogen) atoms. The first-order valence-corrected chi connectivity index (χ1v) is 8.43. The van der Waals surface area contributed by atoms with Crippen LogP contribution in [0.4, 0.5) is 0 Å². The van der Waals surface area contributed by atoms with Crippen molar-refractivity contribution in [3.63, 3.8) is 0 Å². The van der Waals surface area contributed by atoms with E-state index < -0.39 is 0 Å². The minimum atomic E-state index is 0.227. The highest BCUT2D eigenvalue weighted by Crippen LogP contribution is 2.27. The van der Waals surface area contributed by atoms with Crippen LogP contribution in [0.2, 0.25) is 0 Å². The van der Waals surface area contributed by atoms with Gasteiger partial charge in [0.15, 0.2) is 0 Å². The number of hydrogen-bond donors (Lipinski definition) is 1. The van der Waals surface area contributed by atoms with Crippen molar-refractivity contribution in [1.82, 2.24) is 25.2 Å². The van der Waals surface area contributed by atoms with Gasteiger partial charge in [-0.25, -0.2) is 0 Å². The second-order valence-electron chi connectivity index (χ2n) is 5.96. The molecular weight excluding hydrogens is 318 g/mol. The molecule has 0 saturated heterocycles. The largest absolute Gasteiger partial charge is 0.493 e. The van der Waals surface area contributed by atoms with E-state index in [1.807, 2.05) is 55.2 Å². The van der Waals surface area contributed by atoms with Crippen LogP contribution in [-0.2, 0) is 13.1 Å². The highest BCUT2D eigenvalue weighted by Gasteiger charge is 2.14. The van der Waals surface area contributed by atoms with Crippen LogP contribution in [0.25, 0.3) is 11.4 Å². The summed E-state index contributed by atoms with van der Waals surface area (Å²) in [6, 6.07) is 7.91. The first kappa shape index (κ1) is 17.2. The van der Waals surface area contributed by atoms with Gasteiger partial charge in [-0.1, -0.05) is 17.3 Å². The fraction of sp³-hybridized carbons (Fsp3) is 0.389. The van der Waals surface area contributed by atoms with Crippen LogP contribution in [0.3, 0.4) is 0 Å². The molecule has 1 N–H and O–H groups in total. The monoisotopic (exact) mass is 341 g/mol. The number of aromatic nitrogens is 4. The fourth-order valence-electron chi connectivity index (χ4n) is 2.54. The fourth-order valence-corrected chi connectivity index (χ4v) is 2.54. The molecule has 0 aliphatic heterocycles. The number of para-hydroxylation sites is 1. The number of nitrogens with zero attached hydrogens (tertiary/aromatic N) is 4. The molecule has 7 nitrogen and oxygen atoms in total. The van der Waals surface area contributed by atoms with E-state index in [0.717, 1.165) is 23.4 Å². The summed E-state index contributed by atoms with van der Waals surface area (Å²) in [6.07, 6.45) is 3.88. The van der Waals surface area contributed by atoms with Gasteiger partial charge in [0, 0.05) is 12.2 Å². The first-order valence-electron chi connectivity index (χ1n) is 8.43. The molecule has 0 radical (unpaired) electrons. The summed E-state index contributed by atoms with van der Waals surface area (Å²) >= 11 is 0. The average molecular weight is 341 g/mol. The van der Waals surface area contributed by atoms with E-state index in [0.29, 0.717) is 24.9 Å². The van der Waals surface area contributed by atoms with E-state index in [4.69, 9.17) is 9.26 Å². The molecule has 1 atom stereocenters. The molecule has 0 amide bonds. The molecule has 0 spiro atoms. The van der Waals surface area contributed by atoms with Gasteiger partial charge in [0.1, 0.15) is 5.75 Å². The second kappa shape index (κ2) is 7.94. The van der Waals surface area contributed by atoms with Crippen LogP contribution in [0.15, 0.2) is 41.2 Å². The van der Waals surface area contributed by atoms with Gasteiger partial charge in [-0.05, 0) is 38.5 Å². The quantitative estimate of drug-likeness (QED) is 0.679. The molecule has 132 valence electrons. The SMILES string of the molecule is CCOc1ccccc1-c1noc(CN[C@H](C)Cn2cc(C)cn2)n1. The van der Waals surface area contributed by atoms with Crippen molar-refractivity contribution in [3.05, 3.63) is 48.1 Å². The summed E-state index contributed by atoms with van der Waals surface area (Å²) in [7, 11) is 0. The predicted octanol–water partition coefficient (Wildman–Crippen LogP) is 2.82. The maximum Gasteiger partial charge on any atom is 0.240 e. The Morgan fingerprint density at radius 1 is 1.32 bits per heavy atom. The van der Waals surface area contributed by atoms with Crippen LogP contribution in [-0.4, -0.2) is 32.6 Å². The highest BCUT2D eigenvalue weighted by atomic mass is 16.5. The Balaban J connectivity index is 1.60. The Kier molecular flexibility index (Phi) is 5.45. The van der Waals surface area contributed by atoms with Gasteiger partial charge in [0.25, 0.3) is 0 Å².